The van der Waals surface area contributed by atoms with Gasteiger partial charge in [0, 0.05) is 42.0 Å². The van der Waals surface area contributed by atoms with Gasteiger partial charge in [0.2, 0.25) is 5.91 Å². The Balaban J connectivity index is 1.70. The second-order valence-electron chi connectivity index (χ2n) is 7.67. The van der Waals surface area contributed by atoms with E-state index in [0.717, 1.165) is 28.1 Å². The van der Waals surface area contributed by atoms with Gasteiger partial charge in [-0.15, -0.1) is 0 Å². The van der Waals surface area contributed by atoms with Crippen molar-refractivity contribution in [1.82, 2.24) is 9.99 Å². The van der Waals surface area contributed by atoms with Crippen molar-refractivity contribution >= 4 is 17.5 Å². The molecule has 4 N–H and O–H groups in total. The van der Waals surface area contributed by atoms with Crippen molar-refractivity contribution in [2.24, 2.45) is 5.73 Å². The summed E-state index contributed by atoms with van der Waals surface area (Å²) in [6, 6.07) is 10.4. The Morgan fingerprint density at radius 3 is 2.71 bits per heavy atom. The summed E-state index contributed by atoms with van der Waals surface area (Å²) in [5, 5.41) is 14.9. The number of hydrogen-bond acceptors (Lipinski definition) is 5. The van der Waals surface area contributed by atoms with Gasteiger partial charge in [-0.3, -0.25) is 9.59 Å². The molecule has 0 aliphatic rings. The third kappa shape index (κ3) is 5.89. The molecule has 3 rings (SSSR count). The second-order valence-corrected chi connectivity index (χ2v) is 8.11. The number of carbonyl (C=O) groups is 1. The maximum atomic E-state index is 14.5. The predicted molar refractivity (Wildman–Crippen MR) is 124 cm³/mol. The number of hydrogen-bond donors (Lipinski definition) is 3. The minimum absolute atomic E-state index is 0.0748. The summed E-state index contributed by atoms with van der Waals surface area (Å²) >= 11 is 6.01. The van der Waals surface area contributed by atoms with Crippen LogP contribution in [-0.2, 0) is 30.2 Å². The molecule has 0 aliphatic carbocycles. The third-order valence-corrected chi connectivity index (χ3v) is 5.53. The van der Waals surface area contributed by atoms with Crippen molar-refractivity contribution in [3.63, 3.8) is 0 Å². The lowest BCUT2D eigenvalue weighted by molar-refractivity contribution is -0.624. The first-order chi connectivity index (χ1) is 16.1. The molecule has 0 radical (unpaired) electrons. The van der Waals surface area contributed by atoms with Crippen LogP contribution in [0.15, 0.2) is 59.7 Å². The Morgan fingerprint density at radius 1 is 1.24 bits per heavy atom. The molecule has 0 bridgehead atoms. The van der Waals surface area contributed by atoms with Gasteiger partial charge in [0.25, 0.3) is 11.3 Å². The molecule has 0 saturated carbocycles. The van der Waals surface area contributed by atoms with E-state index in [1.165, 1.54) is 24.4 Å². The van der Waals surface area contributed by atoms with Crippen molar-refractivity contribution in [2.45, 2.75) is 32.4 Å². The fraction of sp³-hybridized carbons (Fsp3) is 0.261. The number of nitrogens with two attached hydrogens (primary N) is 1. The zero-order valence-electron chi connectivity index (χ0n) is 18.4. The van der Waals surface area contributed by atoms with Crippen LogP contribution < -0.4 is 26.8 Å². The molecular weight excluding hydrogens is 468 g/mol. The molecule has 34 heavy (non-hydrogen) atoms. The van der Waals surface area contributed by atoms with Crippen LogP contribution >= 0.6 is 11.6 Å². The number of rotatable bonds is 9. The van der Waals surface area contributed by atoms with Crippen LogP contribution in [0.25, 0.3) is 0 Å². The van der Waals surface area contributed by atoms with Crippen molar-refractivity contribution in [2.75, 3.05) is 12.0 Å². The van der Waals surface area contributed by atoms with Crippen LogP contribution in [-0.4, -0.2) is 17.1 Å². The summed E-state index contributed by atoms with van der Waals surface area (Å²) in [4.78, 5) is 25.4. The monoisotopic (exact) mass is 491 g/mol. The molecule has 2 aromatic heterocycles. The van der Waals surface area contributed by atoms with E-state index >= 15 is 0 Å². The van der Waals surface area contributed by atoms with Crippen molar-refractivity contribution in [3.05, 3.63) is 103 Å². The molecule has 2 heterocycles. The highest BCUT2D eigenvalue weighted by atomic mass is 35.5. The quantitative estimate of drug-likeness (QED) is 0.313. The lowest BCUT2D eigenvalue weighted by Gasteiger charge is -2.18. The SMILES string of the molecule is Cc1ccn(NCC(F)(F)c2cccc[n+]2[O-])c(=O)c1CC(=O)NCc1cc(Cl)ccc1CN. The molecule has 0 unspecified atom stereocenters. The normalized spacial score (nSPS) is 11.3. The topological polar surface area (TPSA) is 116 Å². The summed E-state index contributed by atoms with van der Waals surface area (Å²) in [5.74, 6) is -3.97. The molecular formula is C23H24ClF2N5O3. The van der Waals surface area contributed by atoms with Gasteiger partial charge < -0.3 is 21.7 Å². The number of halogens is 3. The Kier molecular flexibility index (Phi) is 7.85. The largest absolute Gasteiger partial charge is 0.618 e. The van der Waals surface area contributed by atoms with Crippen molar-refractivity contribution in [3.8, 4) is 0 Å². The highest BCUT2D eigenvalue weighted by molar-refractivity contribution is 6.30. The average Bonchev–Trinajstić information content (AvgIpc) is 2.80. The number of pyridine rings is 2. The summed E-state index contributed by atoms with van der Waals surface area (Å²) in [6.07, 6.45) is 2.02. The molecule has 0 fully saturated rings. The Morgan fingerprint density at radius 2 is 2.00 bits per heavy atom. The lowest BCUT2D eigenvalue weighted by Crippen LogP contribution is -2.44. The van der Waals surface area contributed by atoms with Crippen LogP contribution in [0.2, 0.25) is 5.02 Å². The standard InChI is InChI=1S/C23H24ClF2N5O3/c1-15-7-9-30(29-14-23(25,26)20-4-2-3-8-31(20)34)22(33)19(15)11-21(32)28-13-17-10-18(24)6-5-16(17)12-27/h2-10,29H,11-14,27H2,1H3,(H,28,32). The van der Waals surface area contributed by atoms with Crippen LogP contribution in [0, 0.1) is 12.1 Å². The number of benzene rings is 1. The summed E-state index contributed by atoms with van der Waals surface area (Å²) < 4.78 is 29.9. The maximum absolute atomic E-state index is 14.5. The van der Waals surface area contributed by atoms with Gasteiger partial charge in [-0.25, -0.2) is 4.68 Å². The minimum atomic E-state index is -3.54. The number of aromatic nitrogens is 2. The molecule has 0 aliphatic heterocycles. The summed E-state index contributed by atoms with van der Waals surface area (Å²) in [7, 11) is 0. The zero-order chi connectivity index (χ0) is 24.9. The first-order valence-corrected chi connectivity index (χ1v) is 10.8. The number of aryl methyl sites for hydroxylation is 1. The number of alkyl halides is 2. The molecule has 1 aromatic carbocycles. The first-order valence-electron chi connectivity index (χ1n) is 10.4. The van der Waals surface area contributed by atoms with E-state index in [-0.39, 0.29) is 29.8 Å². The summed E-state index contributed by atoms with van der Waals surface area (Å²) in [5.41, 5.74) is 8.93. The smallest absolute Gasteiger partial charge is 0.349 e. The van der Waals surface area contributed by atoms with Crippen LogP contribution in [0.3, 0.4) is 0 Å². The van der Waals surface area contributed by atoms with Gasteiger partial charge in [0.1, 0.15) is 6.54 Å². The average molecular weight is 492 g/mol. The van der Waals surface area contributed by atoms with Crippen molar-refractivity contribution < 1.29 is 18.3 Å². The molecule has 3 aromatic rings. The number of nitrogens with zero attached hydrogens (tertiary/aromatic N) is 2. The van der Waals surface area contributed by atoms with Gasteiger partial charge in [-0.2, -0.15) is 13.5 Å². The lowest BCUT2D eigenvalue weighted by atomic mass is 10.1. The molecule has 1 amide bonds. The Hall–Kier alpha value is -3.50. The zero-order valence-corrected chi connectivity index (χ0v) is 19.1. The first kappa shape index (κ1) is 25.1. The van der Waals surface area contributed by atoms with Gasteiger partial charge >= 0.3 is 5.92 Å². The molecule has 180 valence electrons. The third-order valence-electron chi connectivity index (χ3n) is 5.30. The van der Waals surface area contributed by atoms with Crippen LogP contribution in [0.4, 0.5) is 8.78 Å². The van der Waals surface area contributed by atoms with E-state index in [4.69, 9.17) is 17.3 Å². The fourth-order valence-electron chi connectivity index (χ4n) is 3.37. The van der Waals surface area contributed by atoms with E-state index in [9.17, 15) is 23.6 Å². The molecule has 0 atom stereocenters. The van der Waals surface area contributed by atoms with Crippen molar-refractivity contribution in [1.29, 1.82) is 0 Å². The maximum Gasteiger partial charge on any atom is 0.349 e. The van der Waals surface area contributed by atoms with E-state index in [1.807, 2.05) is 0 Å². The number of nitrogens with one attached hydrogen (secondary N) is 2. The van der Waals surface area contributed by atoms with E-state index in [2.05, 4.69) is 10.7 Å². The fourth-order valence-corrected chi connectivity index (χ4v) is 3.56. The predicted octanol–water partition coefficient (Wildman–Crippen LogP) is 2.10. The molecule has 0 spiro atoms. The van der Waals surface area contributed by atoms with E-state index < -0.39 is 29.6 Å². The van der Waals surface area contributed by atoms with Crippen LogP contribution in [0.1, 0.15) is 27.9 Å². The molecule has 0 saturated heterocycles. The van der Waals surface area contributed by atoms with E-state index in [1.54, 1.807) is 25.1 Å². The highest BCUT2D eigenvalue weighted by Crippen LogP contribution is 2.24. The van der Waals surface area contributed by atoms with Gasteiger partial charge in [-0.1, -0.05) is 17.7 Å². The van der Waals surface area contributed by atoms with Gasteiger partial charge in [-0.05, 0) is 47.9 Å². The summed E-state index contributed by atoms with van der Waals surface area (Å²) in [6.45, 7) is 1.10. The number of amides is 1. The van der Waals surface area contributed by atoms with Gasteiger partial charge in [0.05, 0.1) is 6.42 Å². The molecule has 8 nitrogen and oxygen atoms in total. The minimum Gasteiger partial charge on any atom is -0.618 e. The van der Waals surface area contributed by atoms with E-state index in [0.29, 0.717) is 10.6 Å². The molecule has 11 heteroatoms. The Bertz CT molecular complexity index is 1250. The van der Waals surface area contributed by atoms with Crippen LogP contribution in [0.5, 0.6) is 0 Å². The Labute approximate surface area is 199 Å². The second kappa shape index (κ2) is 10.6. The number of carbonyl (C=O) groups excluding carboxylic acids is 1. The highest BCUT2D eigenvalue weighted by Gasteiger charge is 2.39. The van der Waals surface area contributed by atoms with Gasteiger partial charge in [0.15, 0.2) is 6.20 Å².